The van der Waals surface area contributed by atoms with Crippen LogP contribution in [0.15, 0.2) is 0 Å². The van der Waals surface area contributed by atoms with Gasteiger partial charge < -0.3 is 5.32 Å². The van der Waals surface area contributed by atoms with E-state index in [9.17, 15) is 0 Å². The van der Waals surface area contributed by atoms with Crippen molar-refractivity contribution in [3.63, 3.8) is 0 Å². The Morgan fingerprint density at radius 2 is 2.41 bits per heavy atom. The number of piperidine rings is 1. The maximum Gasteiger partial charge on any atom is 0.134 e. The van der Waals surface area contributed by atoms with E-state index in [0.717, 1.165) is 37.2 Å². The Bertz CT molecular complexity index is 378. The second-order valence-electron chi connectivity index (χ2n) is 5.24. The second-order valence-corrected chi connectivity index (χ2v) is 5.99. The van der Waals surface area contributed by atoms with E-state index < -0.39 is 0 Å². The number of fused-ring (bicyclic) bond motifs is 2. The lowest BCUT2D eigenvalue weighted by molar-refractivity contribution is 0.203. The van der Waals surface area contributed by atoms with Crippen LogP contribution in [0.5, 0.6) is 0 Å². The normalized spacial score (nSPS) is 27.8. The number of aromatic nitrogens is 2. The topological polar surface area (TPSA) is 41.1 Å². The molecular formula is C12H20N4S. The fraction of sp³-hybridized carbons (Fsp3) is 0.833. The molecule has 1 aromatic rings. The fourth-order valence-electron chi connectivity index (χ4n) is 3.10. The van der Waals surface area contributed by atoms with Crippen molar-refractivity contribution in [2.45, 2.75) is 45.2 Å². The van der Waals surface area contributed by atoms with Gasteiger partial charge in [-0.3, -0.25) is 4.90 Å². The molecule has 2 atom stereocenters. The van der Waals surface area contributed by atoms with Gasteiger partial charge in [0.1, 0.15) is 10.7 Å². The van der Waals surface area contributed by atoms with Gasteiger partial charge in [-0.25, -0.2) is 0 Å². The van der Waals surface area contributed by atoms with Crippen LogP contribution in [0.3, 0.4) is 0 Å². The Labute approximate surface area is 107 Å². The first kappa shape index (κ1) is 11.4. The van der Waals surface area contributed by atoms with Crippen LogP contribution in [0.1, 0.15) is 38.3 Å². The largest absolute Gasteiger partial charge is 0.374 e. The number of nitrogens with zero attached hydrogens (tertiary/aromatic N) is 3. The van der Waals surface area contributed by atoms with E-state index in [4.69, 9.17) is 0 Å². The molecule has 0 amide bonds. The lowest BCUT2D eigenvalue weighted by Gasteiger charge is -2.25. The monoisotopic (exact) mass is 252 g/mol. The second kappa shape index (κ2) is 4.90. The molecule has 2 fully saturated rings. The van der Waals surface area contributed by atoms with Gasteiger partial charge in [0, 0.05) is 37.2 Å². The van der Waals surface area contributed by atoms with Crippen LogP contribution in [0, 0.1) is 5.92 Å². The molecule has 94 valence electrons. The Kier molecular flexibility index (Phi) is 3.29. The molecule has 1 saturated heterocycles. The highest BCUT2D eigenvalue weighted by molar-refractivity contribution is 7.10. The summed E-state index contributed by atoms with van der Waals surface area (Å²) in [7, 11) is 0. The predicted octanol–water partition coefficient (Wildman–Crippen LogP) is 2.34. The summed E-state index contributed by atoms with van der Waals surface area (Å²) in [6.07, 6.45) is 5.39. The number of rotatable bonds is 5. The van der Waals surface area contributed by atoms with E-state index >= 15 is 0 Å². The van der Waals surface area contributed by atoms with Gasteiger partial charge in [-0.05, 0) is 31.6 Å². The summed E-state index contributed by atoms with van der Waals surface area (Å²) in [4.78, 5) is 2.60. The molecule has 1 N–H and O–H groups in total. The number of nitrogens with one attached hydrogen (secondary N) is 1. The molecule has 0 spiro atoms. The fourth-order valence-corrected chi connectivity index (χ4v) is 3.70. The van der Waals surface area contributed by atoms with Crippen LogP contribution < -0.4 is 5.32 Å². The first-order valence-electron chi connectivity index (χ1n) is 6.66. The Morgan fingerprint density at radius 1 is 1.47 bits per heavy atom. The first-order chi connectivity index (χ1) is 8.36. The maximum absolute atomic E-state index is 4.28. The van der Waals surface area contributed by atoms with Crippen LogP contribution in [0.4, 0.5) is 5.00 Å². The molecule has 1 aromatic heterocycles. The van der Waals surface area contributed by atoms with Crippen LogP contribution in [-0.2, 0) is 6.54 Å². The molecule has 2 heterocycles. The van der Waals surface area contributed by atoms with Gasteiger partial charge in [-0.2, -0.15) is 0 Å². The van der Waals surface area contributed by atoms with Crippen molar-refractivity contribution in [3.05, 3.63) is 5.69 Å². The molecule has 1 saturated carbocycles. The lowest BCUT2D eigenvalue weighted by atomic mass is 10.1. The van der Waals surface area contributed by atoms with Crippen LogP contribution in [0.25, 0.3) is 0 Å². The van der Waals surface area contributed by atoms with Gasteiger partial charge in [-0.1, -0.05) is 11.4 Å². The molecule has 0 radical (unpaired) electrons. The summed E-state index contributed by atoms with van der Waals surface area (Å²) < 4.78 is 4.08. The standard InChI is InChI=1S/C12H20N4S/c1-2-5-13-12-11(14-15-17-12)8-16-7-9-3-4-10(16)6-9/h9-10,13H,2-8H2,1H3. The van der Waals surface area contributed by atoms with Gasteiger partial charge >= 0.3 is 0 Å². The molecule has 2 aliphatic rings. The zero-order valence-electron chi connectivity index (χ0n) is 10.4. The zero-order chi connectivity index (χ0) is 11.7. The van der Waals surface area contributed by atoms with Crippen LogP contribution >= 0.6 is 11.5 Å². The number of hydrogen-bond acceptors (Lipinski definition) is 5. The van der Waals surface area contributed by atoms with Gasteiger partial charge in [0.05, 0.1) is 0 Å². The van der Waals surface area contributed by atoms with Gasteiger partial charge in [0.2, 0.25) is 0 Å². The van der Waals surface area contributed by atoms with Crippen molar-refractivity contribution in [1.82, 2.24) is 14.5 Å². The molecule has 1 aliphatic carbocycles. The van der Waals surface area contributed by atoms with Crippen molar-refractivity contribution < 1.29 is 0 Å². The number of hydrogen-bond donors (Lipinski definition) is 1. The van der Waals surface area contributed by atoms with E-state index in [-0.39, 0.29) is 0 Å². The first-order valence-corrected chi connectivity index (χ1v) is 7.43. The third-order valence-electron chi connectivity index (χ3n) is 3.97. The molecule has 2 bridgehead atoms. The Balaban J connectivity index is 1.63. The van der Waals surface area contributed by atoms with Crippen molar-refractivity contribution >= 4 is 16.5 Å². The van der Waals surface area contributed by atoms with E-state index in [1.54, 1.807) is 0 Å². The highest BCUT2D eigenvalue weighted by Gasteiger charge is 2.38. The predicted molar refractivity (Wildman–Crippen MR) is 70.2 cm³/mol. The van der Waals surface area contributed by atoms with Gasteiger partial charge in [0.25, 0.3) is 0 Å². The molecule has 3 rings (SSSR count). The molecule has 17 heavy (non-hydrogen) atoms. The van der Waals surface area contributed by atoms with E-state index in [2.05, 4.69) is 26.7 Å². The third kappa shape index (κ3) is 2.31. The highest BCUT2D eigenvalue weighted by Crippen LogP contribution is 2.38. The van der Waals surface area contributed by atoms with Crippen LogP contribution in [0.2, 0.25) is 0 Å². The average Bonchev–Trinajstić information content (AvgIpc) is 3.02. The van der Waals surface area contributed by atoms with Crippen molar-refractivity contribution in [3.8, 4) is 0 Å². The SMILES string of the molecule is CCCNc1snnc1CN1CC2CCC1C2. The molecule has 5 heteroatoms. The van der Waals surface area contributed by atoms with Gasteiger partial charge in [-0.15, -0.1) is 5.10 Å². The minimum atomic E-state index is 0.820. The summed E-state index contributed by atoms with van der Waals surface area (Å²) in [6.45, 7) is 5.46. The van der Waals surface area contributed by atoms with Gasteiger partial charge in [0.15, 0.2) is 0 Å². The van der Waals surface area contributed by atoms with E-state index in [0.29, 0.717) is 0 Å². The average molecular weight is 252 g/mol. The Hall–Kier alpha value is -0.680. The van der Waals surface area contributed by atoms with Crippen LogP contribution in [-0.4, -0.2) is 33.6 Å². The summed E-state index contributed by atoms with van der Waals surface area (Å²) in [5, 5.41) is 8.88. The Morgan fingerprint density at radius 3 is 3.12 bits per heavy atom. The third-order valence-corrected chi connectivity index (χ3v) is 4.69. The van der Waals surface area contributed by atoms with Crippen molar-refractivity contribution in [1.29, 1.82) is 0 Å². The molecule has 0 aromatic carbocycles. The van der Waals surface area contributed by atoms with E-state index in [1.807, 2.05) is 0 Å². The van der Waals surface area contributed by atoms with E-state index in [1.165, 1.54) is 42.3 Å². The summed E-state index contributed by atoms with van der Waals surface area (Å²) in [5.41, 5.74) is 1.15. The lowest BCUT2D eigenvalue weighted by Crippen LogP contribution is -2.31. The highest BCUT2D eigenvalue weighted by atomic mass is 32.1. The van der Waals surface area contributed by atoms with Crippen molar-refractivity contribution in [2.24, 2.45) is 5.92 Å². The molecular weight excluding hydrogens is 232 g/mol. The minimum absolute atomic E-state index is 0.820. The molecule has 4 nitrogen and oxygen atoms in total. The number of anilines is 1. The molecule has 2 unspecified atom stereocenters. The van der Waals surface area contributed by atoms with Crippen molar-refractivity contribution in [2.75, 3.05) is 18.4 Å². The minimum Gasteiger partial charge on any atom is -0.374 e. The number of likely N-dealkylation sites (tertiary alicyclic amines) is 1. The summed E-state index contributed by atoms with van der Waals surface area (Å²) in [6, 6.07) is 0.820. The maximum atomic E-state index is 4.28. The molecule has 1 aliphatic heterocycles. The quantitative estimate of drug-likeness (QED) is 0.873. The zero-order valence-corrected chi connectivity index (χ0v) is 11.2. The summed E-state index contributed by atoms with van der Waals surface area (Å²) >= 11 is 1.49. The smallest absolute Gasteiger partial charge is 0.134 e. The summed E-state index contributed by atoms with van der Waals surface area (Å²) in [5.74, 6) is 0.957.